The summed E-state index contributed by atoms with van der Waals surface area (Å²) < 4.78 is 2.20. The summed E-state index contributed by atoms with van der Waals surface area (Å²) >= 11 is 18.9. The minimum absolute atomic E-state index is 0.640. The Morgan fingerprint density at radius 2 is 1.87 bits per heavy atom. The molecule has 1 aliphatic heterocycles. The first kappa shape index (κ1) is 15.1. The first-order chi connectivity index (χ1) is 11.1. The standard InChI is InChI=1S/C17H14Cl3N3/c1-10-8-11(18)9-13(20)16(10)23-7-3-6-22-14-5-2-4-12(19)15(14)21-17(22)23/h2,4-5,8-9H,3,6-7H2,1H3. The SMILES string of the molecule is Cc1cc(Cl)cc(Cl)c1N1CCCn2c1nc1c(Cl)cccc12. The number of aromatic nitrogens is 2. The number of aryl methyl sites for hydroxylation is 2. The minimum atomic E-state index is 0.640. The summed E-state index contributed by atoms with van der Waals surface area (Å²) in [7, 11) is 0. The lowest BCUT2D eigenvalue weighted by Crippen LogP contribution is -2.29. The van der Waals surface area contributed by atoms with E-state index in [9.17, 15) is 0 Å². The van der Waals surface area contributed by atoms with Crippen molar-refractivity contribution in [2.24, 2.45) is 0 Å². The summed E-state index contributed by atoms with van der Waals surface area (Å²) in [6.07, 6.45) is 1.02. The van der Waals surface area contributed by atoms with Crippen LogP contribution in [0, 0.1) is 6.92 Å². The molecule has 0 radical (unpaired) electrons. The highest BCUT2D eigenvalue weighted by molar-refractivity contribution is 6.37. The molecule has 2 heterocycles. The Labute approximate surface area is 149 Å². The highest BCUT2D eigenvalue weighted by atomic mass is 35.5. The van der Waals surface area contributed by atoms with Crippen LogP contribution < -0.4 is 4.90 Å². The van der Waals surface area contributed by atoms with Crippen molar-refractivity contribution in [3.8, 4) is 0 Å². The molecule has 0 fully saturated rings. The van der Waals surface area contributed by atoms with Crippen molar-refractivity contribution in [3.63, 3.8) is 0 Å². The number of imidazole rings is 1. The zero-order valence-corrected chi connectivity index (χ0v) is 14.8. The molecule has 0 aliphatic carbocycles. The van der Waals surface area contributed by atoms with Gasteiger partial charge in [-0.2, -0.15) is 0 Å². The average molecular weight is 367 g/mol. The molecule has 1 aliphatic rings. The summed E-state index contributed by atoms with van der Waals surface area (Å²) in [4.78, 5) is 6.94. The molecule has 0 unspecified atom stereocenters. The zero-order chi connectivity index (χ0) is 16.1. The molecular formula is C17H14Cl3N3. The van der Waals surface area contributed by atoms with E-state index in [1.54, 1.807) is 6.07 Å². The van der Waals surface area contributed by atoms with Gasteiger partial charge in [0.05, 0.1) is 21.2 Å². The van der Waals surface area contributed by atoms with E-state index >= 15 is 0 Å². The number of hydrogen-bond acceptors (Lipinski definition) is 2. The quantitative estimate of drug-likeness (QED) is 0.539. The maximum absolute atomic E-state index is 6.48. The lowest BCUT2D eigenvalue weighted by Gasteiger charge is -2.31. The number of hydrogen-bond donors (Lipinski definition) is 0. The third-order valence-electron chi connectivity index (χ3n) is 4.20. The van der Waals surface area contributed by atoms with Crippen LogP contribution >= 0.6 is 34.8 Å². The first-order valence-corrected chi connectivity index (χ1v) is 8.57. The molecule has 0 spiro atoms. The molecule has 0 saturated carbocycles. The van der Waals surface area contributed by atoms with E-state index in [2.05, 4.69) is 15.5 Å². The van der Waals surface area contributed by atoms with E-state index < -0.39 is 0 Å². The van der Waals surface area contributed by atoms with Crippen LogP contribution in [0.15, 0.2) is 30.3 Å². The van der Waals surface area contributed by atoms with Gasteiger partial charge in [0.15, 0.2) is 0 Å². The number of rotatable bonds is 1. The first-order valence-electron chi connectivity index (χ1n) is 7.44. The number of para-hydroxylation sites is 1. The third kappa shape index (κ3) is 2.38. The van der Waals surface area contributed by atoms with Gasteiger partial charge in [-0.25, -0.2) is 4.98 Å². The molecule has 3 nitrogen and oxygen atoms in total. The maximum Gasteiger partial charge on any atom is 0.211 e. The minimum Gasteiger partial charge on any atom is -0.310 e. The lowest BCUT2D eigenvalue weighted by atomic mass is 10.1. The van der Waals surface area contributed by atoms with Gasteiger partial charge in [0.2, 0.25) is 5.95 Å². The van der Waals surface area contributed by atoms with Gasteiger partial charge in [0.1, 0.15) is 5.52 Å². The third-order valence-corrected chi connectivity index (χ3v) is 5.01. The Morgan fingerprint density at radius 3 is 2.65 bits per heavy atom. The van der Waals surface area contributed by atoms with Crippen LogP contribution in [0.2, 0.25) is 15.1 Å². The summed E-state index contributed by atoms with van der Waals surface area (Å²) in [5.74, 6) is 0.881. The number of anilines is 2. The van der Waals surface area contributed by atoms with Crippen molar-refractivity contribution < 1.29 is 0 Å². The molecule has 0 amide bonds. The second kappa shape index (κ2) is 5.59. The average Bonchev–Trinajstić information content (AvgIpc) is 2.87. The van der Waals surface area contributed by atoms with Gasteiger partial charge < -0.3 is 9.47 Å². The molecule has 0 bridgehead atoms. The Kier molecular flexibility index (Phi) is 3.67. The predicted octanol–water partition coefficient (Wildman–Crippen LogP) is 5.85. The molecule has 4 rings (SSSR count). The molecule has 0 saturated heterocycles. The van der Waals surface area contributed by atoms with Crippen LogP contribution in [0.5, 0.6) is 0 Å². The molecular weight excluding hydrogens is 353 g/mol. The van der Waals surface area contributed by atoms with Gasteiger partial charge in [-0.05, 0) is 43.2 Å². The van der Waals surface area contributed by atoms with E-state index in [4.69, 9.17) is 39.8 Å². The molecule has 23 heavy (non-hydrogen) atoms. The molecule has 0 N–H and O–H groups in total. The van der Waals surface area contributed by atoms with E-state index in [1.807, 2.05) is 25.1 Å². The fourth-order valence-corrected chi connectivity index (χ4v) is 4.17. The Hall–Kier alpha value is -1.42. The second-order valence-electron chi connectivity index (χ2n) is 5.73. The van der Waals surface area contributed by atoms with Crippen molar-refractivity contribution in [2.75, 3.05) is 11.4 Å². The molecule has 3 aromatic rings. The molecule has 6 heteroatoms. The molecule has 0 atom stereocenters. The largest absolute Gasteiger partial charge is 0.310 e. The summed E-state index contributed by atoms with van der Waals surface area (Å²) in [5, 5.41) is 1.95. The van der Waals surface area contributed by atoms with Crippen LogP contribution in [-0.4, -0.2) is 16.1 Å². The molecule has 118 valence electrons. The number of nitrogens with zero attached hydrogens (tertiary/aromatic N) is 3. The van der Waals surface area contributed by atoms with Gasteiger partial charge in [-0.3, -0.25) is 0 Å². The van der Waals surface area contributed by atoms with Crippen LogP contribution in [-0.2, 0) is 6.54 Å². The summed E-state index contributed by atoms with van der Waals surface area (Å²) in [5.41, 5.74) is 3.89. The van der Waals surface area contributed by atoms with Crippen LogP contribution in [0.1, 0.15) is 12.0 Å². The van der Waals surface area contributed by atoms with Gasteiger partial charge in [-0.15, -0.1) is 0 Å². The van der Waals surface area contributed by atoms with Crippen LogP contribution in [0.4, 0.5) is 11.6 Å². The molecule has 2 aromatic carbocycles. The van der Waals surface area contributed by atoms with Crippen molar-refractivity contribution in [1.29, 1.82) is 0 Å². The van der Waals surface area contributed by atoms with Crippen LogP contribution in [0.25, 0.3) is 11.0 Å². The van der Waals surface area contributed by atoms with E-state index in [1.165, 1.54) is 0 Å². The number of halogens is 3. The Balaban J connectivity index is 1.95. The fourth-order valence-electron chi connectivity index (χ4n) is 3.26. The van der Waals surface area contributed by atoms with Crippen molar-refractivity contribution in [2.45, 2.75) is 19.9 Å². The highest BCUT2D eigenvalue weighted by Crippen LogP contribution is 2.40. The van der Waals surface area contributed by atoms with Crippen molar-refractivity contribution in [1.82, 2.24) is 9.55 Å². The Morgan fingerprint density at radius 1 is 1.04 bits per heavy atom. The molecule has 1 aromatic heterocycles. The normalized spacial score (nSPS) is 14.3. The van der Waals surface area contributed by atoms with Gasteiger partial charge >= 0.3 is 0 Å². The number of fused-ring (bicyclic) bond motifs is 3. The summed E-state index contributed by atoms with van der Waals surface area (Å²) in [6.45, 7) is 3.80. The van der Waals surface area contributed by atoms with E-state index in [-0.39, 0.29) is 0 Å². The lowest BCUT2D eigenvalue weighted by molar-refractivity contribution is 0.603. The van der Waals surface area contributed by atoms with Crippen LogP contribution in [0.3, 0.4) is 0 Å². The predicted molar refractivity (Wildman–Crippen MR) is 97.6 cm³/mol. The van der Waals surface area contributed by atoms with E-state index in [0.29, 0.717) is 15.1 Å². The highest BCUT2D eigenvalue weighted by Gasteiger charge is 2.26. The smallest absolute Gasteiger partial charge is 0.211 e. The fraction of sp³-hybridized carbons (Fsp3) is 0.235. The van der Waals surface area contributed by atoms with Gasteiger partial charge in [0.25, 0.3) is 0 Å². The monoisotopic (exact) mass is 365 g/mol. The zero-order valence-electron chi connectivity index (χ0n) is 12.5. The van der Waals surface area contributed by atoms with Crippen molar-refractivity contribution >= 4 is 57.5 Å². The second-order valence-corrected chi connectivity index (χ2v) is 6.98. The van der Waals surface area contributed by atoms with E-state index in [0.717, 1.165) is 47.7 Å². The van der Waals surface area contributed by atoms with Crippen molar-refractivity contribution in [3.05, 3.63) is 51.0 Å². The Bertz CT molecular complexity index is 894. The number of benzene rings is 2. The topological polar surface area (TPSA) is 21.1 Å². The van der Waals surface area contributed by atoms with Gasteiger partial charge in [-0.1, -0.05) is 40.9 Å². The maximum atomic E-state index is 6.48. The van der Waals surface area contributed by atoms with Gasteiger partial charge in [0, 0.05) is 18.1 Å². The summed E-state index contributed by atoms with van der Waals surface area (Å²) in [6, 6.07) is 9.59.